The van der Waals surface area contributed by atoms with Crippen LogP contribution in [0.5, 0.6) is 0 Å². The molecule has 0 bridgehead atoms. The molecule has 0 heterocycles. The molecule has 6 heteroatoms. The highest BCUT2D eigenvalue weighted by Gasteiger charge is 2.14. The Morgan fingerprint density at radius 3 is 2.79 bits per heavy atom. The lowest BCUT2D eigenvalue weighted by molar-refractivity contribution is 0.0937. The summed E-state index contributed by atoms with van der Waals surface area (Å²) in [5.41, 5.74) is 7.10. The van der Waals surface area contributed by atoms with Gasteiger partial charge in [0.05, 0.1) is 0 Å². The van der Waals surface area contributed by atoms with Crippen LogP contribution >= 0.6 is 15.9 Å². The third-order valence-electron chi connectivity index (χ3n) is 2.85. The summed E-state index contributed by atoms with van der Waals surface area (Å²) in [6.45, 7) is 3.89. The molecule has 104 valence electrons. The summed E-state index contributed by atoms with van der Waals surface area (Å²) in [7, 11) is 0. The van der Waals surface area contributed by atoms with Crippen LogP contribution in [0.1, 0.15) is 35.7 Å². The van der Waals surface area contributed by atoms with Crippen LogP contribution in [-0.4, -0.2) is 23.0 Å². The lowest BCUT2D eigenvalue weighted by Crippen LogP contribution is -2.37. The third kappa shape index (κ3) is 4.55. The molecular weight excluding hydrogens is 310 g/mol. The molecule has 1 unspecified atom stereocenters. The Hall–Kier alpha value is -1.56. The van der Waals surface area contributed by atoms with E-state index in [0.29, 0.717) is 18.4 Å². The lowest BCUT2D eigenvalue weighted by Gasteiger charge is -2.16. The molecule has 1 atom stereocenters. The van der Waals surface area contributed by atoms with Gasteiger partial charge in [-0.1, -0.05) is 34.1 Å². The Morgan fingerprint density at radius 1 is 1.58 bits per heavy atom. The molecule has 0 saturated carbocycles. The molecule has 0 fully saturated rings. The second-order valence-electron chi connectivity index (χ2n) is 4.34. The van der Waals surface area contributed by atoms with Crippen molar-refractivity contribution in [1.82, 2.24) is 5.32 Å². The summed E-state index contributed by atoms with van der Waals surface area (Å²) in [4.78, 5) is 12.1. The highest BCUT2D eigenvalue weighted by Crippen LogP contribution is 2.17. The molecule has 0 aliphatic rings. The maximum Gasteiger partial charge on any atom is 0.251 e. The van der Waals surface area contributed by atoms with Crippen molar-refractivity contribution in [3.8, 4) is 0 Å². The number of carbonyl (C=O) groups is 1. The average molecular weight is 328 g/mol. The number of hydrogen-bond acceptors (Lipinski definition) is 3. The number of halogens is 1. The van der Waals surface area contributed by atoms with Crippen molar-refractivity contribution in [3.05, 3.63) is 33.8 Å². The number of nitrogens with two attached hydrogens (primary N) is 1. The molecule has 4 N–H and O–H groups in total. The van der Waals surface area contributed by atoms with Crippen LogP contribution in [0.25, 0.3) is 0 Å². The van der Waals surface area contributed by atoms with Crippen molar-refractivity contribution in [3.63, 3.8) is 0 Å². The first-order valence-electron chi connectivity index (χ1n) is 6.01. The molecule has 0 radical (unpaired) electrons. The minimum absolute atomic E-state index is 0.109. The first kappa shape index (κ1) is 15.5. The number of nitrogens with zero attached hydrogens (tertiary/aromatic N) is 1. The van der Waals surface area contributed by atoms with Gasteiger partial charge in [-0.15, -0.1) is 0 Å². The van der Waals surface area contributed by atoms with Crippen LogP contribution in [0, 0.1) is 6.92 Å². The fourth-order valence-electron chi connectivity index (χ4n) is 1.59. The van der Waals surface area contributed by atoms with Crippen molar-refractivity contribution in [2.45, 2.75) is 32.7 Å². The third-order valence-corrected chi connectivity index (χ3v) is 3.70. The normalized spacial score (nSPS) is 13.1. The molecule has 0 saturated heterocycles. The Balaban J connectivity index is 2.74. The van der Waals surface area contributed by atoms with Crippen molar-refractivity contribution < 1.29 is 10.0 Å². The highest BCUT2D eigenvalue weighted by molar-refractivity contribution is 9.10. The van der Waals surface area contributed by atoms with Crippen LogP contribution in [0.15, 0.2) is 27.8 Å². The molecule has 1 amide bonds. The fourth-order valence-corrected chi connectivity index (χ4v) is 1.97. The number of benzene rings is 1. The second-order valence-corrected chi connectivity index (χ2v) is 5.19. The van der Waals surface area contributed by atoms with Crippen molar-refractivity contribution in [2.24, 2.45) is 10.9 Å². The van der Waals surface area contributed by atoms with Crippen LogP contribution in [0.3, 0.4) is 0 Å². The largest absolute Gasteiger partial charge is 0.409 e. The van der Waals surface area contributed by atoms with E-state index in [1.807, 2.05) is 19.9 Å². The van der Waals surface area contributed by atoms with Crippen LogP contribution < -0.4 is 11.1 Å². The van der Waals surface area contributed by atoms with Crippen LogP contribution in [-0.2, 0) is 0 Å². The van der Waals surface area contributed by atoms with Gasteiger partial charge >= 0.3 is 0 Å². The first-order valence-corrected chi connectivity index (χ1v) is 6.80. The predicted octanol–water partition coefficient (Wildman–Crippen LogP) is 2.40. The molecule has 1 aromatic carbocycles. The summed E-state index contributed by atoms with van der Waals surface area (Å²) >= 11 is 3.40. The summed E-state index contributed by atoms with van der Waals surface area (Å²) in [5.74, 6) is -0.0597. The van der Waals surface area contributed by atoms with E-state index in [4.69, 9.17) is 10.9 Å². The van der Waals surface area contributed by atoms with Gasteiger partial charge in [0, 0.05) is 22.5 Å². The van der Waals surface area contributed by atoms with E-state index in [1.54, 1.807) is 12.1 Å². The number of rotatable bonds is 5. The maximum atomic E-state index is 12.1. The number of amidine groups is 1. The first-order chi connectivity index (χ1) is 8.97. The Labute approximate surface area is 121 Å². The standard InChI is InChI=1S/C13H18BrN3O2/c1-3-10(7-12(15)17-19)16-13(18)9-5-4-8(2)11(14)6-9/h4-6,10,19H,3,7H2,1-2H3,(H2,15,17)(H,16,18). The van der Waals surface area contributed by atoms with Crippen LogP contribution in [0.2, 0.25) is 0 Å². The molecular formula is C13H18BrN3O2. The number of nitrogens with one attached hydrogen (secondary N) is 1. The number of aryl methyl sites for hydroxylation is 1. The number of carbonyl (C=O) groups excluding carboxylic acids is 1. The molecule has 0 aliphatic heterocycles. The molecule has 0 aromatic heterocycles. The molecule has 0 aliphatic carbocycles. The lowest BCUT2D eigenvalue weighted by atomic mass is 10.1. The van der Waals surface area contributed by atoms with Gasteiger partial charge in [-0.2, -0.15) is 0 Å². The highest BCUT2D eigenvalue weighted by atomic mass is 79.9. The van der Waals surface area contributed by atoms with Crippen molar-refractivity contribution in [1.29, 1.82) is 0 Å². The van der Waals surface area contributed by atoms with Gasteiger partial charge in [-0.05, 0) is 31.0 Å². The van der Waals surface area contributed by atoms with E-state index in [2.05, 4.69) is 26.4 Å². The zero-order valence-corrected chi connectivity index (χ0v) is 12.6. The van der Waals surface area contributed by atoms with E-state index in [0.717, 1.165) is 10.0 Å². The predicted molar refractivity (Wildman–Crippen MR) is 78.5 cm³/mol. The van der Waals surface area contributed by atoms with Gasteiger partial charge in [0.2, 0.25) is 0 Å². The summed E-state index contributed by atoms with van der Waals surface area (Å²) < 4.78 is 0.893. The second kappa shape index (κ2) is 7.13. The quantitative estimate of drug-likeness (QED) is 0.336. The summed E-state index contributed by atoms with van der Waals surface area (Å²) in [5, 5.41) is 14.3. The van der Waals surface area contributed by atoms with Crippen LogP contribution in [0.4, 0.5) is 0 Å². The average Bonchev–Trinajstić information content (AvgIpc) is 2.40. The van der Waals surface area contributed by atoms with E-state index in [9.17, 15) is 4.79 Å². The number of oxime groups is 1. The van der Waals surface area contributed by atoms with Gasteiger partial charge in [0.15, 0.2) is 0 Å². The van der Waals surface area contributed by atoms with Crippen molar-refractivity contribution in [2.75, 3.05) is 0 Å². The molecule has 1 rings (SSSR count). The summed E-state index contributed by atoms with van der Waals surface area (Å²) in [6.07, 6.45) is 1.03. The van der Waals surface area contributed by atoms with E-state index >= 15 is 0 Å². The van der Waals surface area contributed by atoms with E-state index in [1.165, 1.54) is 0 Å². The molecule has 5 nitrogen and oxygen atoms in total. The molecule has 1 aromatic rings. The van der Waals surface area contributed by atoms with E-state index in [-0.39, 0.29) is 17.8 Å². The smallest absolute Gasteiger partial charge is 0.251 e. The van der Waals surface area contributed by atoms with Gasteiger partial charge in [0.1, 0.15) is 5.84 Å². The molecule has 0 spiro atoms. The fraction of sp³-hybridized carbons (Fsp3) is 0.385. The maximum absolute atomic E-state index is 12.1. The number of amides is 1. The molecule has 19 heavy (non-hydrogen) atoms. The summed E-state index contributed by atoms with van der Waals surface area (Å²) in [6, 6.07) is 5.28. The number of hydrogen-bond donors (Lipinski definition) is 3. The Bertz CT molecular complexity index is 489. The Morgan fingerprint density at radius 2 is 2.26 bits per heavy atom. The van der Waals surface area contributed by atoms with Gasteiger partial charge in [-0.3, -0.25) is 4.79 Å². The van der Waals surface area contributed by atoms with Gasteiger partial charge in [0.25, 0.3) is 5.91 Å². The Kier molecular flexibility index (Phi) is 5.82. The van der Waals surface area contributed by atoms with Crippen molar-refractivity contribution >= 4 is 27.7 Å². The monoisotopic (exact) mass is 327 g/mol. The zero-order valence-electron chi connectivity index (χ0n) is 11.0. The SMILES string of the molecule is CCC(C/C(N)=N/O)NC(=O)c1ccc(C)c(Br)c1. The minimum atomic E-state index is -0.168. The van der Waals surface area contributed by atoms with Gasteiger partial charge in [-0.25, -0.2) is 0 Å². The zero-order chi connectivity index (χ0) is 14.4. The topological polar surface area (TPSA) is 87.7 Å². The van der Waals surface area contributed by atoms with Gasteiger partial charge < -0.3 is 16.3 Å². The van der Waals surface area contributed by atoms with E-state index < -0.39 is 0 Å². The minimum Gasteiger partial charge on any atom is -0.409 e.